The van der Waals surface area contributed by atoms with Crippen LogP contribution in [0.5, 0.6) is 0 Å². The monoisotopic (exact) mass is 179 g/mol. The van der Waals surface area contributed by atoms with Crippen molar-refractivity contribution in [3.05, 3.63) is 35.9 Å². The van der Waals surface area contributed by atoms with E-state index in [0.29, 0.717) is 6.54 Å². The molecule has 0 fully saturated rings. The summed E-state index contributed by atoms with van der Waals surface area (Å²) in [6, 6.07) is 10.1. The fourth-order valence-corrected chi connectivity index (χ4v) is 1.51. The Kier molecular flexibility index (Phi) is 3.93. The maximum Gasteiger partial charge on any atom is 0.0518 e. The fourth-order valence-electron chi connectivity index (χ4n) is 1.51. The van der Waals surface area contributed by atoms with E-state index in [0.717, 1.165) is 6.42 Å². The molecule has 2 heteroatoms. The van der Waals surface area contributed by atoms with E-state index in [4.69, 9.17) is 5.73 Å². The predicted molar refractivity (Wildman–Crippen MR) is 54.5 cm³/mol. The van der Waals surface area contributed by atoms with Gasteiger partial charge in [-0.1, -0.05) is 30.3 Å². The number of aliphatic hydroxyl groups is 1. The molecule has 0 bridgehead atoms. The van der Waals surface area contributed by atoms with E-state index in [1.54, 1.807) is 6.92 Å². The van der Waals surface area contributed by atoms with E-state index in [1.807, 2.05) is 18.2 Å². The van der Waals surface area contributed by atoms with Gasteiger partial charge in [-0.2, -0.15) is 0 Å². The summed E-state index contributed by atoms with van der Waals surface area (Å²) < 4.78 is 0. The largest absolute Gasteiger partial charge is 0.393 e. The van der Waals surface area contributed by atoms with E-state index in [1.165, 1.54) is 5.56 Å². The highest BCUT2D eigenvalue weighted by Gasteiger charge is 2.11. The molecule has 2 atom stereocenters. The molecule has 0 aliphatic heterocycles. The molecule has 13 heavy (non-hydrogen) atoms. The van der Waals surface area contributed by atoms with Crippen molar-refractivity contribution in [2.45, 2.75) is 25.4 Å². The summed E-state index contributed by atoms with van der Waals surface area (Å²) in [6.07, 6.45) is 0.453. The van der Waals surface area contributed by atoms with Crippen LogP contribution in [0.2, 0.25) is 0 Å². The molecule has 3 N–H and O–H groups in total. The Morgan fingerprint density at radius 1 is 1.31 bits per heavy atom. The molecule has 0 spiro atoms. The van der Waals surface area contributed by atoms with Crippen molar-refractivity contribution in [2.24, 2.45) is 5.73 Å². The molecule has 0 aromatic heterocycles. The van der Waals surface area contributed by atoms with Crippen molar-refractivity contribution in [1.29, 1.82) is 0 Å². The van der Waals surface area contributed by atoms with E-state index >= 15 is 0 Å². The minimum Gasteiger partial charge on any atom is -0.393 e. The lowest BCUT2D eigenvalue weighted by atomic mass is 9.94. The van der Waals surface area contributed by atoms with Crippen molar-refractivity contribution < 1.29 is 5.11 Å². The van der Waals surface area contributed by atoms with Gasteiger partial charge in [0, 0.05) is 0 Å². The summed E-state index contributed by atoms with van der Waals surface area (Å²) in [5.74, 6) is 0.279. The third-order valence-electron chi connectivity index (χ3n) is 2.18. The lowest BCUT2D eigenvalue weighted by Crippen LogP contribution is -2.17. The normalized spacial score (nSPS) is 15.3. The van der Waals surface area contributed by atoms with Crippen LogP contribution >= 0.6 is 0 Å². The predicted octanol–water partition coefficient (Wildman–Crippen LogP) is 1.50. The van der Waals surface area contributed by atoms with E-state index in [-0.39, 0.29) is 12.0 Å². The van der Waals surface area contributed by atoms with Crippen LogP contribution in [0, 0.1) is 0 Å². The molecule has 72 valence electrons. The first-order valence-electron chi connectivity index (χ1n) is 4.67. The Hall–Kier alpha value is -0.860. The number of benzene rings is 1. The third kappa shape index (κ3) is 3.17. The third-order valence-corrected chi connectivity index (χ3v) is 2.18. The summed E-state index contributed by atoms with van der Waals surface area (Å²) >= 11 is 0. The van der Waals surface area contributed by atoms with Gasteiger partial charge in [0.1, 0.15) is 0 Å². The molecule has 0 heterocycles. The second kappa shape index (κ2) is 5.00. The quantitative estimate of drug-likeness (QED) is 0.735. The van der Waals surface area contributed by atoms with Crippen LogP contribution in [0.25, 0.3) is 0 Å². The topological polar surface area (TPSA) is 46.2 Å². The van der Waals surface area contributed by atoms with Gasteiger partial charge in [0.15, 0.2) is 0 Å². The van der Waals surface area contributed by atoms with Crippen molar-refractivity contribution in [1.82, 2.24) is 0 Å². The maximum atomic E-state index is 9.26. The van der Waals surface area contributed by atoms with Gasteiger partial charge in [0.2, 0.25) is 0 Å². The Morgan fingerprint density at radius 3 is 2.38 bits per heavy atom. The molecule has 0 radical (unpaired) electrons. The molecule has 1 rings (SSSR count). The van der Waals surface area contributed by atoms with Crippen LogP contribution in [-0.2, 0) is 0 Å². The molecule has 0 aliphatic rings. The zero-order valence-electron chi connectivity index (χ0n) is 7.98. The first kappa shape index (κ1) is 10.2. The summed E-state index contributed by atoms with van der Waals surface area (Å²) in [7, 11) is 0. The molecule has 2 nitrogen and oxygen atoms in total. The molecule has 0 saturated carbocycles. The van der Waals surface area contributed by atoms with Crippen LogP contribution < -0.4 is 5.73 Å². The summed E-state index contributed by atoms with van der Waals surface area (Å²) in [4.78, 5) is 0. The number of hydrogen-bond donors (Lipinski definition) is 2. The van der Waals surface area contributed by atoms with Crippen molar-refractivity contribution in [2.75, 3.05) is 6.54 Å². The molecule has 1 aromatic carbocycles. The Bertz CT molecular complexity index is 233. The average molecular weight is 179 g/mol. The molecular weight excluding hydrogens is 162 g/mol. The van der Waals surface area contributed by atoms with Gasteiger partial charge in [-0.25, -0.2) is 0 Å². The lowest BCUT2D eigenvalue weighted by Gasteiger charge is -2.16. The van der Waals surface area contributed by atoms with Crippen LogP contribution in [0.3, 0.4) is 0 Å². The first-order chi connectivity index (χ1) is 6.24. The van der Waals surface area contributed by atoms with Crippen molar-refractivity contribution in [3.8, 4) is 0 Å². The minimum atomic E-state index is -0.284. The molecule has 0 aliphatic carbocycles. The summed E-state index contributed by atoms with van der Waals surface area (Å²) in [5.41, 5.74) is 6.86. The average Bonchev–Trinajstić information content (AvgIpc) is 2.15. The van der Waals surface area contributed by atoms with E-state index in [9.17, 15) is 5.11 Å². The van der Waals surface area contributed by atoms with Crippen molar-refractivity contribution >= 4 is 0 Å². The Labute approximate surface area is 79.4 Å². The molecule has 0 amide bonds. The lowest BCUT2D eigenvalue weighted by molar-refractivity contribution is 0.175. The van der Waals surface area contributed by atoms with Gasteiger partial charge < -0.3 is 10.8 Å². The fraction of sp³-hybridized carbons (Fsp3) is 0.455. The highest BCUT2D eigenvalue weighted by atomic mass is 16.3. The van der Waals surface area contributed by atoms with Crippen LogP contribution in [-0.4, -0.2) is 17.8 Å². The summed E-state index contributed by atoms with van der Waals surface area (Å²) in [6.45, 7) is 2.39. The number of rotatable bonds is 4. The first-order valence-corrected chi connectivity index (χ1v) is 4.67. The van der Waals surface area contributed by atoms with Gasteiger partial charge in [-0.3, -0.25) is 0 Å². The van der Waals surface area contributed by atoms with Crippen LogP contribution in [0.15, 0.2) is 30.3 Å². The summed E-state index contributed by atoms with van der Waals surface area (Å²) in [5, 5.41) is 9.26. The van der Waals surface area contributed by atoms with Gasteiger partial charge >= 0.3 is 0 Å². The number of hydrogen-bond acceptors (Lipinski definition) is 2. The number of aliphatic hydroxyl groups excluding tert-OH is 1. The van der Waals surface area contributed by atoms with Crippen molar-refractivity contribution in [3.63, 3.8) is 0 Å². The highest BCUT2D eigenvalue weighted by molar-refractivity contribution is 5.19. The molecular formula is C11H17NO. The maximum absolute atomic E-state index is 9.26. The van der Waals surface area contributed by atoms with Gasteiger partial charge in [0.25, 0.3) is 0 Å². The van der Waals surface area contributed by atoms with Crippen LogP contribution in [0.1, 0.15) is 24.8 Å². The van der Waals surface area contributed by atoms with Crippen LogP contribution in [0.4, 0.5) is 0 Å². The standard InChI is InChI=1S/C11H17NO/c1-9(13)7-11(8-12)10-5-3-2-4-6-10/h2-6,9,11,13H,7-8,12H2,1H3/t9-,11+/m0/s1. The highest BCUT2D eigenvalue weighted by Crippen LogP contribution is 2.19. The van der Waals surface area contributed by atoms with E-state index in [2.05, 4.69) is 12.1 Å². The second-order valence-electron chi connectivity index (χ2n) is 3.43. The smallest absolute Gasteiger partial charge is 0.0518 e. The zero-order valence-corrected chi connectivity index (χ0v) is 7.98. The molecule has 0 unspecified atom stereocenters. The van der Waals surface area contributed by atoms with E-state index < -0.39 is 0 Å². The Morgan fingerprint density at radius 2 is 1.92 bits per heavy atom. The Balaban J connectivity index is 2.67. The zero-order chi connectivity index (χ0) is 9.68. The number of nitrogens with two attached hydrogens (primary N) is 1. The van der Waals surface area contributed by atoms with Gasteiger partial charge in [-0.05, 0) is 31.4 Å². The second-order valence-corrected chi connectivity index (χ2v) is 3.43. The van der Waals surface area contributed by atoms with Gasteiger partial charge in [-0.15, -0.1) is 0 Å². The molecule has 1 aromatic rings. The molecule has 0 saturated heterocycles. The minimum absolute atomic E-state index is 0.279. The SMILES string of the molecule is C[C@H](O)C[C@H](CN)c1ccccc1. The van der Waals surface area contributed by atoms with Gasteiger partial charge in [0.05, 0.1) is 6.10 Å².